The van der Waals surface area contributed by atoms with Crippen molar-refractivity contribution in [2.45, 2.75) is 18.1 Å². The predicted molar refractivity (Wildman–Crippen MR) is 89.7 cm³/mol. The normalized spacial score (nSPS) is 22.0. The van der Waals surface area contributed by atoms with Gasteiger partial charge in [-0.05, 0) is 23.3 Å². The third-order valence-corrected chi connectivity index (χ3v) is 4.30. The molecule has 0 radical (unpaired) electrons. The topological polar surface area (TPSA) is 50.7 Å². The molecule has 122 valence electrons. The lowest BCUT2D eigenvalue weighted by molar-refractivity contribution is 0.0257. The Morgan fingerprint density at radius 2 is 1.83 bits per heavy atom. The summed E-state index contributed by atoms with van der Waals surface area (Å²) in [5.41, 5.74) is 1.53. The zero-order chi connectivity index (χ0) is 16.1. The molecule has 4 nitrogen and oxygen atoms in total. The van der Waals surface area contributed by atoms with Gasteiger partial charge in [-0.15, -0.1) is 0 Å². The van der Waals surface area contributed by atoms with Gasteiger partial charge >= 0.3 is 0 Å². The molecule has 3 rings (SSSR count). The van der Waals surface area contributed by atoms with E-state index in [0.29, 0.717) is 26.2 Å². The van der Waals surface area contributed by atoms with Crippen molar-refractivity contribution in [1.29, 1.82) is 0 Å². The van der Waals surface area contributed by atoms with Crippen LogP contribution in [0.5, 0.6) is 5.75 Å². The highest BCUT2D eigenvalue weighted by atomic mass is 16.5. The van der Waals surface area contributed by atoms with Crippen LogP contribution >= 0.6 is 0 Å². The molecule has 0 aromatic heterocycles. The summed E-state index contributed by atoms with van der Waals surface area (Å²) in [7, 11) is 1.66. The van der Waals surface area contributed by atoms with Crippen molar-refractivity contribution in [3.05, 3.63) is 65.7 Å². The van der Waals surface area contributed by atoms with Gasteiger partial charge in [0.1, 0.15) is 11.4 Å². The molecule has 0 saturated carbocycles. The zero-order valence-corrected chi connectivity index (χ0v) is 13.4. The van der Waals surface area contributed by atoms with E-state index in [1.165, 1.54) is 5.56 Å². The largest absolute Gasteiger partial charge is 0.497 e. The Morgan fingerprint density at radius 1 is 1.13 bits per heavy atom. The maximum absolute atomic E-state index is 10.5. The number of hydrogen-bond acceptors (Lipinski definition) is 4. The predicted octanol–water partition coefficient (Wildman–Crippen LogP) is 2.53. The molecule has 0 unspecified atom stereocenters. The number of hydrogen-bond donors (Lipinski definition) is 2. The first kappa shape index (κ1) is 16.0. The van der Waals surface area contributed by atoms with Crippen LogP contribution in [-0.2, 0) is 4.74 Å². The first-order chi connectivity index (χ1) is 11.2. The smallest absolute Gasteiger partial charge is 0.118 e. The van der Waals surface area contributed by atoms with Crippen LogP contribution in [-0.4, -0.2) is 37.6 Å². The van der Waals surface area contributed by atoms with Crippen LogP contribution in [0.1, 0.15) is 23.6 Å². The minimum atomic E-state index is -0.778. The van der Waals surface area contributed by atoms with Gasteiger partial charge in [-0.3, -0.25) is 0 Å². The monoisotopic (exact) mass is 313 g/mol. The van der Waals surface area contributed by atoms with E-state index in [9.17, 15) is 5.11 Å². The second kappa shape index (κ2) is 7.13. The van der Waals surface area contributed by atoms with Crippen molar-refractivity contribution in [1.82, 2.24) is 5.32 Å². The SMILES string of the molecule is COc1ccc([C@@H](NC[C@@]2(O)CCOC2)c2ccccc2)cc1. The van der Waals surface area contributed by atoms with Crippen LogP contribution in [0.2, 0.25) is 0 Å². The van der Waals surface area contributed by atoms with E-state index < -0.39 is 5.60 Å². The number of ether oxygens (including phenoxy) is 2. The van der Waals surface area contributed by atoms with E-state index >= 15 is 0 Å². The van der Waals surface area contributed by atoms with Gasteiger partial charge in [0, 0.05) is 19.6 Å². The Hall–Kier alpha value is -1.88. The maximum Gasteiger partial charge on any atom is 0.118 e. The summed E-state index contributed by atoms with van der Waals surface area (Å²) >= 11 is 0. The average Bonchev–Trinajstić information content (AvgIpc) is 3.03. The van der Waals surface area contributed by atoms with Gasteiger partial charge in [0.05, 0.1) is 19.8 Å². The molecule has 4 heteroatoms. The molecule has 1 aliphatic rings. The fourth-order valence-electron chi connectivity index (χ4n) is 2.90. The Morgan fingerprint density at radius 3 is 2.43 bits per heavy atom. The van der Waals surface area contributed by atoms with E-state index in [1.54, 1.807) is 7.11 Å². The molecule has 1 aliphatic heterocycles. The quantitative estimate of drug-likeness (QED) is 0.860. The standard InChI is InChI=1S/C19H23NO3/c1-22-17-9-7-16(8-10-17)18(15-5-3-2-4-6-15)20-13-19(21)11-12-23-14-19/h2-10,18,20-21H,11-14H2,1H3/t18-,19-/m0/s1. The molecule has 2 atom stereocenters. The zero-order valence-electron chi connectivity index (χ0n) is 13.4. The highest BCUT2D eigenvalue weighted by molar-refractivity contribution is 5.35. The second-order valence-electron chi connectivity index (χ2n) is 6.02. The van der Waals surface area contributed by atoms with Gasteiger partial charge in [0.15, 0.2) is 0 Å². The van der Waals surface area contributed by atoms with Crippen LogP contribution in [0.25, 0.3) is 0 Å². The summed E-state index contributed by atoms with van der Waals surface area (Å²) in [6, 6.07) is 18.3. The fourth-order valence-corrected chi connectivity index (χ4v) is 2.90. The van der Waals surface area contributed by atoms with E-state index in [4.69, 9.17) is 9.47 Å². The molecule has 1 saturated heterocycles. The minimum absolute atomic E-state index is 0.0201. The molecule has 2 aromatic carbocycles. The second-order valence-corrected chi connectivity index (χ2v) is 6.02. The maximum atomic E-state index is 10.5. The van der Waals surface area contributed by atoms with Crippen molar-refractivity contribution in [2.75, 3.05) is 26.9 Å². The van der Waals surface area contributed by atoms with Crippen LogP contribution < -0.4 is 10.1 Å². The number of aliphatic hydroxyl groups is 1. The number of benzene rings is 2. The highest BCUT2D eigenvalue weighted by Crippen LogP contribution is 2.26. The third kappa shape index (κ3) is 3.91. The van der Waals surface area contributed by atoms with Crippen LogP contribution in [0.4, 0.5) is 0 Å². The van der Waals surface area contributed by atoms with E-state index in [1.807, 2.05) is 30.3 Å². The van der Waals surface area contributed by atoms with Crippen LogP contribution in [0.3, 0.4) is 0 Å². The third-order valence-electron chi connectivity index (χ3n) is 4.30. The lowest BCUT2D eigenvalue weighted by atomic mass is 9.96. The minimum Gasteiger partial charge on any atom is -0.497 e. The van der Waals surface area contributed by atoms with Crippen molar-refractivity contribution in [3.8, 4) is 5.75 Å². The Labute approximate surface area is 137 Å². The van der Waals surface area contributed by atoms with Gasteiger partial charge in [-0.2, -0.15) is 0 Å². The Balaban J connectivity index is 1.81. The van der Waals surface area contributed by atoms with Crippen molar-refractivity contribution >= 4 is 0 Å². The van der Waals surface area contributed by atoms with Gasteiger partial charge < -0.3 is 19.9 Å². The van der Waals surface area contributed by atoms with Gasteiger partial charge in [-0.1, -0.05) is 42.5 Å². The average molecular weight is 313 g/mol. The molecule has 23 heavy (non-hydrogen) atoms. The summed E-state index contributed by atoms with van der Waals surface area (Å²) in [5, 5.41) is 14.0. The number of nitrogens with one attached hydrogen (secondary N) is 1. The van der Waals surface area contributed by atoms with Crippen molar-refractivity contribution < 1.29 is 14.6 Å². The number of rotatable bonds is 6. The lowest BCUT2D eigenvalue weighted by Gasteiger charge is -2.26. The van der Waals surface area contributed by atoms with Gasteiger partial charge in [-0.25, -0.2) is 0 Å². The first-order valence-electron chi connectivity index (χ1n) is 7.93. The Kier molecular flexibility index (Phi) is 4.96. The summed E-state index contributed by atoms with van der Waals surface area (Å²) < 4.78 is 10.6. The van der Waals surface area contributed by atoms with Crippen molar-refractivity contribution in [3.63, 3.8) is 0 Å². The molecule has 0 amide bonds. The molecule has 1 heterocycles. The molecule has 0 spiro atoms. The molecule has 2 N–H and O–H groups in total. The first-order valence-corrected chi connectivity index (χ1v) is 7.93. The number of methoxy groups -OCH3 is 1. The summed E-state index contributed by atoms with van der Waals surface area (Å²) in [6.07, 6.45) is 0.671. The molecule has 1 fully saturated rings. The lowest BCUT2D eigenvalue weighted by Crippen LogP contribution is -2.42. The summed E-state index contributed by atoms with van der Waals surface area (Å²) in [4.78, 5) is 0. The van der Waals surface area contributed by atoms with E-state index in [-0.39, 0.29) is 6.04 Å². The Bertz CT molecular complexity index is 606. The van der Waals surface area contributed by atoms with E-state index in [0.717, 1.165) is 11.3 Å². The van der Waals surface area contributed by atoms with Crippen LogP contribution in [0.15, 0.2) is 54.6 Å². The molecular weight excluding hydrogens is 290 g/mol. The van der Waals surface area contributed by atoms with Gasteiger partial charge in [0.2, 0.25) is 0 Å². The van der Waals surface area contributed by atoms with Crippen LogP contribution in [0, 0.1) is 0 Å². The molecule has 0 bridgehead atoms. The summed E-state index contributed by atoms with van der Waals surface area (Å²) in [5.74, 6) is 0.836. The molecule has 0 aliphatic carbocycles. The van der Waals surface area contributed by atoms with E-state index in [2.05, 4.69) is 29.6 Å². The van der Waals surface area contributed by atoms with Gasteiger partial charge in [0.25, 0.3) is 0 Å². The van der Waals surface area contributed by atoms with Crippen molar-refractivity contribution in [2.24, 2.45) is 0 Å². The fraction of sp³-hybridized carbons (Fsp3) is 0.368. The molecular formula is C19H23NO3. The highest BCUT2D eigenvalue weighted by Gasteiger charge is 2.32. The summed E-state index contributed by atoms with van der Waals surface area (Å²) in [6.45, 7) is 1.51. The molecule has 2 aromatic rings.